The molecule has 9 heteroatoms. The van der Waals surface area contributed by atoms with E-state index < -0.39 is 5.97 Å². The van der Waals surface area contributed by atoms with E-state index in [1.807, 2.05) is 6.92 Å². The van der Waals surface area contributed by atoms with Crippen LogP contribution in [0, 0.1) is 0 Å². The van der Waals surface area contributed by atoms with E-state index in [0.29, 0.717) is 6.54 Å². The predicted molar refractivity (Wildman–Crippen MR) is 73.2 cm³/mol. The minimum Gasteiger partial charge on any atom is -0.459 e. The largest absolute Gasteiger partial charge is 0.459 e. The Hall–Kier alpha value is -2.16. The van der Waals surface area contributed by atoms with Crippen molar-refractivity contribution < 1.29 is 13.9 Å². The Balaban J connectivity index is 2.17. The van der Waals surface area contributed by atoms with Gasteiger partial charge in [-0.25, -0.2) is 9.78 Å². The molecule has 0 amide bonds. The van der Waals surface area contributed by atoms with Crippen molar-refractivity contribution in [3.8, 4) is 0 Å². The first-order chi connectivity index (χ1) is 10.2. The summed E-state index contributed by atoms with van der Waals surface area (Å²) in [5.41, 5.74) is -0.236. The SMILES string of the molecule is CCCn1ccnc(Sc2nnc(C(=O)OCC)o2)c1=O. The number of hydrogen-bond acceptors (Lipinski definition) is 8. The summed E-state index contributed by atoms with van der Waals surface area (Å²) in [6.07, 6.45) is 3.98. The average Bonchev–Trinajstić information content (AvgIpc) is 2.92. The highest BCUT2D eigenvalue weighted by atomic mass is 32.2. The minimum atomic E-state index is -0.693. The third-order valence-electron chi connectivity index (χ3n) is 2.39. The molecule has 2 heterocycles. The summed E-state index contributed by atoms with van der Waals surface area (Å²) in [6, 6.07) is 0. The quantitative estimate of drug-likeness (QED) is 0.737. The first-order valence-corrected chi connectivity index (χ1v) is 7.21. The van der Waals surface area contributed by atoms with Gasteiger partial charge in [0, 0.05) is 18.9 Å². The Labute approximate surface area is 124 Å². The van der Waals surface area contributed by atoms with Crippen molar-refractivity contribution in [1.29, 1.82) is 0 Å². The molecular weight excluding hydrogens is 296 g/mol. The molecule has 0 unspecified atom stereocenters. The molecule has 0 aliphatic carbocycles. The molecule has 0 saturated carbocycles. The van der Waals surface area contributed by atoms with Crippen LogP contribution in [0.4, 0.5) is 0 Å². The van der Waals surface area contributed by atoms with Crippen LogP contribution >= 0.6 is 11.8 Å². The minimum absolute atomic E-state index is 0.0666. The first-order valence-electron chi connectivity index (χ1n) is 6.39. The number of carbonyl (C=O) groups excluding carboxylic acids is 1. The van der Waals surface area contributed by atoms with Gasteiger partial charge in [-0.05, 0) is 25.1 Å². The van der Waals surface area contributed by atoms with Gasteiger partial charge in [-0.1, -0.05) is 12.0 Å². The van der Waals surface area contributed by atoms with Gasteiger partial charge in [-0.3, -0.25) is 4.79 Å². The van der Waals surface area contributed by atoms with E-state index in [2.05, 4.69) is 15.2 Å². The normalized spacial score (nSPS) is 10.6. The summed E-state index contributed by atoms with van der Waals surface area (Å²) < 4.78 is 11.4. The Bertz CT molecular complexity index is 682. The van der Waals surface area contributed by atoms with Crippen LogP contribution < -0.4 is 5.56 Å². The number of hydrogen-bond donors (Lipinski definition) is 0. The summed E-state index contributed by atoms with van der Waals surface area (Å²) in [5.74, 6) is -0.939. The lowest BCUT2D eigenvalue weighted by Gasteiger charge is -2.03. The molecule has 2 aromatic rings. The lowest BCUT2D eigenvalue weighted by Crippen LogP contribution is -2.21. The maximum atomic E-state index is 12.1. The van der Waals surface area contributed by atoms with E-state index in [9.17, 15) is 9.59 Å². The van der Waals surface area contributed by atoms with E-state index >= 15 is 0 Å². The zero-order chi connectivity index (χ0) is 15.2. The molecule has 2 rings (SSSR count). The van der Waals surface area contributed by atoms with Gasteiger partial charge in [0.25, 0.3) is 10.8 Å². The predicted octanol–water partition coefficient (Wildman–Crippen LogP) is 1.36. The van der Waals surface area contributed by atoms with Gasteiger partial charge >= 0.3 is 11.9 Å². The maximum absolute atomic E-state index is 12.1. The standard InChI is InChI=1S/C12H14N4O4S/c1-3-6-16-7-5-13-9(10(16)17)21-12-15-14-8(20-12)11(18)19-4-2/h5,7H,3-4,6H2,1-2H3. The van der Waals surface area contributed by atoms with Crippen molar-refractivity contribution in [3.05, 3.63) is 28.6 Å². The fourth-order valence-electron chi connectivity index (χ4n) is 1.52. The Morgan fingerprint density at radius 3 is 2.95 bits per heavy atom. The Kier molecular flexibility index (Phi) is 5.09. The van der Waals surface area contributed by atoms with Crippen LogP contribution in [0.2, 0.25) is 0 Å². The molecule has 0 saturated heterocycles. The molecule has 0 aliphatic heterocycles. The molecule has 0 fully saturated rings. The molecule has 0 bridgehead atoms. The average molecular weight is 310 g/mol. The molecule has 8 nitrogen and oxygen atoms in total. The molecule has 0 N–H and O–H groups in total. The van der Waals surface area contributed by atoms with E-state index in [-0.39, 0.29) is 28.3 Å². The van der Waals surface area contributed by atoms with Crippen LogP contribution in [0.3, 0.4) is 0 Å². The Morgan fingerprint density at radius 2 is 2.24 bits per heavy atom. The fraction of sp³-hybridized carbons (Fsp3) is 0.417. The number of carbonyl (C=O) groups is 1. The third kappa shape index (κ3) is 3.69. The second-order valence-electron chi connectivity index (χ2n) is 3.93. The zero-order valence-corrected chi connectivity index (χ0v) is 12.4. The van der Waals surface area contributed by atoms with Gasteiger partial charge < -0.3 is 13.7 Å². The van der Waals surface area contributed by atoms with Crippen molar-refractivity contribution in [2.24, 2.45) is 0 Å². The summed E-state index contributed by atoms with van der Waals surface area (Å²) in [4.78, 5) is 27.5. The van der Waals surface area contributed by atoms with E-state index in [1.54, 1.807) is 17.7 Å². The summed E-state index contributed by atoms with van der Waals surface area (Å²) in [7, 11) is 0. The summed E-state index contributed by atoms with van der Waals surface area (Å²) in [6.45, 7) is 4.47. The molecule has 0 atom stereocenters. The van der Waals surface area contributed by atoms with Crippen molar-refractivity contribution in [2.75, 3.05) is 6.61 Å². The van der Waals surface area contributed by atoms with Crippen molar-refractivity contribution >= 4 is 17.7 Å². The van der Waals surface area contributed by atoms with Gasteiger partial charge in [-0.2, -0.15) is 0 Å². The second kappa shape index (κ2) is 7.02. The fourth-order valence-corrected chi connectivity index (χ4v) is 2.21. The topological polar surface area (TPSA) is 100 Å². The van der Waals surface area contributed by atoms with Gasteiger partial charge in [0.2, 0.25) is 0 Å². The number of rotatable bonds is 6. The smallest absolute Gasteiger partial charge is 0.396 e. The Morgan fingerprint density at radius 1 is 1.43 bits per heavy atom. The van der Waals surface area contributed by atoms with Crippen LogP contribution in [0.15, 0.2) is 31.9 Å². The van der Waals surface area contributed by atoms with Crippen LogP contribution in [-0.2, 0) is 11.3 Å². The van der Waals surface area contributed by atoms with Crippen molar-refractivity contribution in [1.82, 2.24) is 19.7 Å². The molecule has 0 spiro atoms. The van der Waals surface area contributed by atoms with Crippen molar-refractivity contribution in [2.45, 2.75) is 37.1 Å². The second-order valence-corrected chi connectivity index (χ2v) is 4.87. The lowest BCUT2D eigenvalue weighted by molar-refractivity contribution is 0.0475. The number of aryl methyl sites for hydroxylation is 1. The number of ether oxygens (including phenoxy) is 1. The van der Waals surface area contributed by atoms with Crippen molar-refractivity contribution in [3.63, 3.8) is 0 Å². The van der Waals surface area contributed by atoms with Gasteiger partial charge in [0.1, 0.15) is 0 Å². The molecule has 112 valence electrons. The van der Waals surface area contributed by atoms with Crippen LogP contribution in [0.1, 0.15) is 31.0 Å². The van der Waals surface area contributed by atoms with E-state index in [0.717, 1.165) is 18.2 Å². The van der Waals surface area contributed by atoms with E-state index in [4.69, 9.17) is 9.15 Å². The maximum Gasteiger partial charge on any atom is 0.396 e. The third-order valence-corrected chi connectivity index (χ3v) is 3.20. The van der Waals surface area contributed by atoms with Gasteiger partial charge in [-0.15, -0.1) is 5.10 Å². The number of aromatic nitrogens is 4. The number of nitrogens with zero attached hydrogens (tertiary/aromatic N) is 4. The molecule has 2 aromatic heterocycles. The van der Waals surface area contributed by atoms with Crippen LogP contribution in [0.5, 0.6) is 0 Å². The lowest BCUT2D eigenvalue weighted by atomic mass is 10.5. The summed E-state index contributed by atoms with van der Waals surface area (Å²) in [5, 5.41) is 7.54. The van der Waals surface area contributed by atoms with E-state index in [1.165, 1.54) is 6.20 Å². The molecular formula is C12H14N4O4S. The van der Waals surface area contributed by atoms with Gasteiger partial charge in [0.05, 0.1) is 6.61 Å². The van der Waals surface area contributed by atoms with Crippen LogP contribution in [-0.4, -0.2) is 32.3 Å². The highest BCUT2D eigenvalue weighted by Gasteiger charge is 2.18. The zero-order valence-electron chi connectivity index (χ0n) is 11.6. The highest BCUT2D eigenvalue weighted by molar-refractivity contribution is 7.99. The molecule has 0 radical (unpaired) electrons. The monoisotopic (exact) mass is 310 g/mol. The highest BCUT2D eigenvalue weighted by Crippen LogP contribution is 2.21. The number of esters is 1. The first kappa shape index (κ1) is 15.2. The molecule has 21 heavy (non-hydrogen) atoms. The van der Waals surface area contributed by atoms with Gasteiger partial charge in [0.15, 0.2) is 5.03 Å². The molecule has 0 aromatic carbocycles. The summed E-state index contributed by atoms with van der Waals surface area (Å²) >= 11 is 0.918. The van der Waals surface area contributed by atoms with Crippen LogP contribution in [0.25, 0.3) is 0 Å². The molecule has 0 aliphatic rings.